The molecule has 4 heteroatoms. The van der Waals surface area contributed by atoms with Gasteiger partial charge >= 0.3 is 0 Å². The van der Waals surface area contributed by atoms with Crippen LogP contribution in [0.1, 0.15) is 42.5 Å². The first-order valence-corrected chi connectivity index (χ1v) is 10.0. The van der Waals surface area contributed by atoms with Gasteiger partial charge in [0.2, 0.25) is 0 Å². The van der Waals surface area contributed by atoms with Crippen LogP contribution in [-0.2, 0) is 4.74 Å². The lowest BCUT2D eigenvalue weighted by Gasteiger charge is -2.37. The van der Waals surface area contributed by atoms with Gasteiger partial charge in [0.15, 0.2) is 0 Å². The molecular weight excluding hydrogens is 318 g/mol. The molecule has 0 N–H and O–H groups in total. The smallest absolute Gasteiger partial charge is 0.255 e. The lowest BCUT2D eigenvalue weighted by molar-refractivity contribution is -0.000994. The Bertz CT molecular complexity index is 777. The minimum absolute atomic E-state index is 0.257. The molecule has 126 valence electrons. The van der Waals surface area contributed by atoms with Gasteiger partial charge in [-0.05, 0) is 43.1 Å². The first-order chi connectivity index (χ1) is 11.8. The van der Waals surface area contributed by atoms with Crippen LogP contribution in [0.25, 0.3) is 10.1 Å². The van der Waals surface area contributed by atoms with E-state index in [0.29, 0.717) is 17.4 Å². The van der Waals surface area contributed by atoms with Crippen molar-refractivity contribution in [1.29, 1.82) is 0 Å². The molecule has 3 heterocycles. The van der Waals surface area contributed by atoms with Gasteiger partial charge in [-0.3, -0.25) is 4.79 Å². The van der Waals surface area contributed by atoms with E-state index in [2.05, 4.69) is 22.4 Å². The van der Waals surface area contributed by atoms with Crippen molar-refractivity contribution in [3.05, 3.63) is 35.2 Å². The van der Waals surface area contributed by atoms with Crippen molar-refractivity contribution in [2.75, 3.05) is 19.8 Å². The molecule has 0 radical (unpaired) electrons. The maximum Gasteiger partial charge on any atom is 0.255 e. The number of carbonyl (C=O) groups is 1. The monoisotopic (exact) mass is 341 g/mol. The second-order valence-corrected chi connectivity index (χ2v) is 8.57. The summed E-state index contributed by atoms with van der Waals surface area (Å²) in [7, 11) is 0. The quantitative estimate of drug-likeness (QED) is 0.773. The third-order valence-corrected chi connectivity index (χ3v) is 7.58. The van der Waals surface area contributed by atoms with E-state index in [9.17, 15) is 4.79 Å². The van der Waals surface area contributed by atoms with Gasteiger partial charge in [0.25, 0.3) is 5.91 Å². The first kappa shape index (κ1) is 14.9. The summed E-state index contributed by atoms with van der Waals surface area (Å²) in [5.41, 5.74) is 1.23. The molecule has 1 aliphatic carbocycles. The first-order valence-electron chi connectivity index (χ1n) is 9.13. The number of thiophene rings is 1. The van der Waals surface area contributed by atoms with E-state index >= 15 is 0 Å². The summed E-state index contributed by atoms with van der Waals surface area (Å²) in [5.74, 6) is 0.947. The summed E-state index contributed by atoms with van der Waals surface area (Å²) in [5, 5.41) is 3.18. The highest BCUT2D eigenvalue weighted by molar-refractivity contribution is 7.17. The van der Waals surface area contributed by atoms with Gasteiger partial charge in [-0.25, -0.2) is 0 Å². The highest BCUT2D eigenvalue weighted by atomic mass is 32.1. The number of amides is 1. The van der Waals surface area contributed by atoms with Crippen molar-refractivity contribution in [1.82, 2.24) is 4.90 Å². The van der Waals surface area contributed by atoms with Crippen LogP contribution in [0.2, 0.25) is 0 Å². The number of nitrogens with zero attached hydrogens (tertiary/aromatic N) is 1. The molecular formula is C20H23NO2S. The number of ether oxygens (including phenoxy) is 1. The van der Waals surface area contributed by atoms with Gasteiger partial charge in [-0.1, -0.05) is 24.6 Å². The van der Waals surface area contributed by atoms with Gasteiger partial charge < -0.3 is 9.64 Å². The summed E-state index contributed by atoms with van der Waals surface area (Å²) < 4.78 is 6.84. The Hall–Kier alpha value is -1.39. The highest BCUT2D eigenvalue weighted by Gasteiger charge is 2.55. The van der Waals surface area contributed by atoms with Crippen molar-refractivity contribution < 1.29 is 9.53 Å². The normalized spacial score (nSPS) is 28.6. The summed E-state index contributed by atoms with van der Waals surface area (Å²) >= 11 is 1.69. The highest BCUT2D eigenvalue weighted by Crippen LogP contribution is 2.54. The second-order valence-electron chi connectivity index (χ2n) is 7.66. The Morgan fingerprint density at radius 1 is 1.21 bits per heavy atom. The third kappa shape index (κ3) is 2.09. The lowest BCUT2D eigenvalue weighted by Crippen LogP contribution is -2.38. The van der Waals surface area contributed by atoms with E-state index in [1.165, 1.54) is 24.0 Å². The molecule has 3 aliphatic rings. The van der Waals surface area contributed by atoms with Gasteiger partial charge in [-0.2, -0.15) is 0 Å². The maximum atomic E-state index is 13.4. The zero-order chi connectivity index (χ0) is 16.1. The van der Waals surface area contributed by atoms with Crippen LogP contribution < -0.4 is 0 Å². The number of carbonyl (C=O) groups excluding carboxylic acids is 1. The van der Waals surface area contributed by atoms with E-state index in [0.717, 1.165) is 43.5 Å². The van der Waals surface area contributed by atoms with E-state index in [1.807, 2.05) is 12.1 Å². The topological polar surface area (TPSA) is 29.5 Å². The fourth-order valence-corrected chi connectivity index (χ4v) is 6.36. The molecule has 1 aromatic heterocycles. The zero-order valence-corrected chi connectivity index (χ0v) is 14.7. The summed E-state index contributed by atoms with van der Waals surface area (Å²) in [6.45, 7) is 2.67. The molecule has 24 heavy (non-hydrogen) atoms. The molecule has 0 bridgehead atoms. The minimum atomic E-state index is 0.257. The average Bonchev–Trinajstić information content (AvgIpc) is 3.32. The van der Waals surface area contributed by atoms with Crippen LogP contribution >= 0.6 is 11.3 Å². The van der Waals surface area contributed by atoms with Gasteiger partial charge in [-0.15, -0.1) is 11.3 Å². The number of benzene rings is 1. The molecule has 2 saturated heterocycles. The zero-order valence-electron chi connectivity index (χ0n) is 13.9. The molecule has 0 unspecified atom stereocenters. The molecule has 1 aromatic carbocycles. The number of likely N-dealkylation sites (tertiary alicyclic amines) is 1. The average molecular weight is 341 g/mol. The molecule has 1 amide bonds. The molecule has 3 fully saturated rings. The van der Waals surface area contributed by atoms with E-state index < -0.39 is 0 Å². The Kier molecular flexibility index (Phi) is 3.46. The predicted molar refractivity (Wildman–Crippen MR) is 96.5 cm³/mol. The number of hydrogen-bond acceptors (Lipinski definition) is 3. The van der Waals surface area contributed by atoms with Crippen LogP contribution in [0.4, 0.5) is 0 Å². The van der Waals surface area contributed by atoms with Crippen molar-refractivity contribution in [3.63, 3.8) is 0 Å². The van der Waals surface area contributed by atoms with Gasteiger partial charge in [0.1, 0.15) is 0 Å². The molecule has 3 nitrogen and oxygen atoms in total. The maximum absolute atomic E-state index is 13.4. The van der Waals surface area contributed by atoms with E-state index in [4.69, 9.17) is 4.74 Å². The van der Waals surface area contributed by atoms with Crippen LogP contribution in [-0.4, -0.2) is 36.6 Å². The Balaban J connectivity index is 1.51. The fourth-order valence-electron chi connectivity index (χ4n) is 5.43. The third-order valence-electron chi connectivity index (χ3n) is 6.61. The van der Waals surface area contributed by atoms with Crippen molar-refractivity contribution in [3.8, 4) is 0 Å². The number of hydrogen-bond donors (Lipinski definition) is 0. The van der Waals surface area contributed by atoms with Crippen LogP contribution in [0, 0.1) is 11.3 Å². The van der Waals surface area contributed by atoms with E-state index in [-0.39, 0.29) is 5.91 Å². The van der Waals surface area contributed by atoms with Crippen molar-refractivity contribution >= 4 is 27.3 Å². The van der Waals surface area contributed by atoms with Crippen LogP contribution in [0.5, 0.6) is 0 Å². The van der Waals surface area contributed by atoms with Gasteiger partial charge in [0.05, 0.1) is 5.56 Å². The Morgan fingerprint density at radius 3 is 2.92 bits per heavy atom. The molecule has 1 saturated carbocycles. The number of rotatable bonds is 1. The molecule has 1 spiro atoms. The van der Waals surface area contributed by atoms with Crippen LogP contribution in [0.3, 0.4) is 0 Å². The molecule has 5 rings (SSSR count). The minimum Gasteiger partial charge on any atom is -0.381 e. The Labute approximate surface area is 146 Å². The molecule has 2 atom stereocenters. The predicted octanol–water partition coefficient (Wildman–Crippen LogP) is 4.32. The fraction of sp³-hybridized carbons (Fsp3) is 0.550. The standard InChI is InChI=1S/C20H23NO2S/c22-19(15-12-24-18-7-2-1-4-14(15)18)21-13-20(8-10-23-11-9-20)16-5-3-6-17(16)21/h1-2,4,7,12,16-17H,3,5-6,8-11,13H2/t16-,17+/m1/s1. The molecule has 2 aromatic rings. The number of fused-ring (bicyclic) bond motifs is 3. The summed E-state index contributed by atoms with van der Waals surface area (Å²) in [6, 6.07) is 8.74. The lowest BCUT2D eigenvalue weighted by atomic mass is 9.71. The van der Waals surface area contributed by atoms with Gasteiger partial charge in [0, 0.05) is 41.3 Å². The second kappa shape index (κ2) is 5.57. The van der Waals surface area contributed by atoms with E-state index in [1.54, 1.807) is 11.3 Å². The van der Waals surface area contributed by atoms with Crippen LogP contribution in [0.15, 0.2) is 29.6 Å². The van der Waals surface area contributed by atoms with Crippen molar-refractivity contribution in [2.45, 2.75) is 38.1 Å². The largest absolute Gasteiger partial charge is 0.381 e. The summed E-state index contributed by atoms with van der Waals surface area (Å²) in [6.07, 6.45) is 6.00. The Morgan fingerprint density at radius 2 is 2.04 bits per heavy atom. The van der Waals surface area contributed by atoms with Crippen molar-refractivity contribution in [2.24, 2.45) is 11.3 Å². The SMILES string of the molecule is O=C(c1csc2ccccc12)N1CC2(CCOCC2)[C@@H]2CCC[C@@H]21. The summed E-state index contributed by atoms with van der Waals surface area (Å²) in [4.78, 5) is 15.6. The molecule has 2 aliphatic heterocycles.